The van der Waals surface area contributed by atoms with Crippen LogP contribution in [0.3, 0.4) is 0 Å². The second-order valence-corrected chi connectivity index (χ2v) is 4.45. The number of aliphatic hydroxyl groups excluding tert-OH is 1. The number of rotatable bonds is 7. The Morgan fingerprint density at radius 2 is 2.11 bits per heavy atom. The Hall–Kier alpha value is -0.680. The van der Waals surface area contributed by atoms with E-state index in [0.29, 0.717) is 36.2 Å². The van der Waals surface area contributed by atoms with E-state index in [1.54, 1.807) is 20.1 Å². The fourth-order valence-corrected chi connectivity index (χ4v) is 1.86. The van der Waals surface area contributed by atoms with Crippen molar-refractivity contribution < 1.29 is 14.6 Å². The number of hydrogen-bond donors (Lipinski definition) is 2. The van der Waals surface area contributed by atoms with Gasteiger partial charge in [-0.1, -0.05) is 11.6 Å². The minimum Gasteiger partial charge on any atom is -0.493 e. The predicted molar refractivity (Wildman–Crippen MR) is 79.8 cm³/mol. The van der Waals surface area contributed by atoms with Crippen LogP contribution in [0.1, 0.15) is 19.4 Å². The smallest absolute Gasteiger partial charge is 0.165 e. The van der Waals surface area contributed by atoms with E-state index >= 15 is 0 Å². The average Bonchev–Trinajstić information content (AvgIpc) is 2.31. The minimum absolute atomic E-state index is 0. The molecule has 1 aromatic rings. The van der Waals surface area contributed by atoms with E-state index in [1.807, 2.05) is 13.0 Å². The number of ether oxygens (including phenoxy) is 2. The SMILES string of the molecule is CCOc1c(CNCC(C)O)cc(Cl)cc1OC.Cl. The van der Waals surface area contributed by atoms with Crippen LogP contribution >= 0.6 is 24.0 Å². The molecule has 0 bridgehead atoms. The van der Waals surface area contributed by atoms with Gasteiger partial charge in [-0.25, -0.2) is 0 Å². The van der Waals surface area contributed by atoms with Crippen molar-refractivity contribution >= 4 is 24.0 Å². The summed E-state index contributed by atoms with van der Waals surface area (Å²) in [4.78, 5) is 0. The summed E-state index contributed by atoms with van der Waals surface area (Å²) < 4.78 is 10.8. The van der Waals surface area contributed by atoms with Crippen LogP contribution in [0.15, 0.2) is 12.1 Å². The molecule has 0 aromatic heterocycles. The molecule has 0 spiro atoms. The molecule has 2 N–H and O–H groups in total. The van der Waals surface area contributed by atoms with Gasteiger partial charge in [-0.2, -0.15) is 0 Å². The summed E-state index contributed by atoms with van der Waals surface area (Å²) in [6.45, 7) is 5.29. The first-order valence-corrected chi connectivity index (χ1v) is 6.34. The second kappa shape index (κ2) is 9.26. The van der Waals surface area contributed by atoms with Crippen molar-refractivity contribution in [1.82, 2.24) is 5.32 Å². The largest absolute Gasteiger partial charge is 0.493 e. The molecule has 0 saturated carbocycles. The van der Waals surface area contributed by atoms with Gasteiger partial charge in [0.1, 0.15) is 0 Å². The Balaban J connectivity index is 0.00000324. The van der Waals surface area contributed by atoms with Crippen LogP contribution < -0.4 is 14.8 Å². The van der Waals surface area contributed by atoms with Crippen molar-refractivity contribution in [3.8, 4) is 11.5 Å². The molecule has 0 aliphatic rings. The quantitative estimate of drug-likeness (QED) is 0.813. The lowest BCUT2D eigenvalue weighted by Crippen LogP contribution is -2.24. The Bertz CT molecular complexity index is 386. The highest BCUT2D eigenvalue weighted by atomic mass is 35.5. The van der Waals surface area contributed by atoms with Crippen molar-refractivity contribution in [2.24, 2.45) is 0 Å². The number of nitrogens with one attached hydrogen (secondary N) is 1. The lowest BCUT2D eigenvalue weighted by Gasteiger charge is -2.15. The third-order valence-electron chi connectivity index (χ3n) is 2.36. The lowest BCUT2D eigenvalue weighted by molar-refractivity contribution is 0.190. The second-order valence-electron chi connectivity index (χ2n) is 4.01. The molecule has 4 nitrogen and oxygen atoms in total. The molecule has 0 saturated heterocycles. The zero-order chi connectivity index (χ0) is 13.5. The third kappa shape index (κ3) is 5.87. The number of methoxy groups -OCH3 is 1. The van der Waals surface area contributed by atoms with Gasteiger partial charge in [0.15, 0.2) is 11.5 Å². The van der Waals surface area contributed by atoms with E-state index in [2.05, 4.69) is 5.32 Å². The van der Waals surface area contributed by atoms with Crippen LogP contribution in [-0.4, -0.2) is 31.5 Å². The van der Waals surface area contributed by atoms with Crippen molar-refractivity contribution in [3.63, 3.8) is 0 Å². The molecule has 0 heterocycles. The van der Waals surface area contributed by atoms with E-state index in [4.69, 9.17) is 21.1 Å². The van der Waals surface area contributed by atoms with Crippen LogP contribution in [0.2, 0.25) is 5.02 Å². The zero-order valence-electron chi connectivity index (χ0n) is 11.4. The molecule has 0 aliphatic heterocycles. The Labute approximate surface area is 125 Å². The Morgan fingerprint density at radius 1 is 1.42 bits per heavy atom. The van der Waals surface area contributed by atoms with Crippen molar-refractivity contribution in [2.75, 3.05) is 20.3 Å². The normalized spacial score (nSPS) is 11.6. The van der Waals surface area contributed by atoms with Gasteiger partial charge in [-0.15, -0.1) is 12.4 Å². The summed E-state index contributed by atoms with van der Waals surface area (Å²) in [6, 6.07) is 3.56. The summed E-state index contributed by atoms with van der Waals surface area (Å²) in [7, 11) is 1.58. The monoisotopic (exact) mass is 309 g/mol. The molecule has 0 radical (unpaired) electrons. The highest BCUT2D eigenvalue weighted by Gasteiger charge is 2.12. The van der Waals surface area contributed by atoms with Crippen molar-refractivity contribution in [1.29, 1.82) is 0 Å². The van der Waals surface area contributed by atoms with Gasteiger partial charge in [-0.05, 0) is 19.9 Å². The molecule has 0 fully saturated rings. The summed E-state index contributed by atoms with van der Waals surface area (Å²) in [5.74, 6) is 1.32. The number of hydrogen-bond acceptors (Lipinski definition) is 4. The molecule has 19 heavy (non-hydrogen) atoms. The topological polar surface area (TPSA) is 50.7 Å². The molecule has 1 rings (SSSR count). The number of halogens is 2. The molecule has 0 amide bonds. The molecular formula is C13H21Cl2NO3. The summed E-state index contributed by atoms with van der Waals surface area (Å²) >= 11 is 6.03. The maximum Gasteiger partial charge on any atom is 0.165 e. The van der Waals surface area contributed by atoms with Gasteiger partial charge < -0.3 is 19.9 Å². The molecule has 1 aromatic carbocycles. The first kappa shape index (κ1) is 18.3. The van der Waals surface area contributed by atoms with Gasteiger partial charge in [0, 0.05) is 29.7 Å². The fraction of sp³-hybridized carbons (Fsp3) is 0.538. The van der Waals surface area contributed by atoms with Gasteiger partial charge >= 0.3 is 0 Å². The van der Waals surface area contributed by atoms with Gasteiger partial charge in [0.05, 0.1) is 19.8 Å². The molecule has 6 heteroatoms. The fourth-order valence-electron chi connectivity index (χ4n) is 1.63. The average molecular weight is 310 g/mol. The summed E-state index contributed by atoms with van der Waals surface area (Å²) in [6.07, 6.45) is -0.387. The molecule has 0 aliphatic carbocycles. The van der Waals surface area contributed by atoms with Crippen LogP contribution in [0.4, 0.5) is 0 Å². The van der Waals surface area contributed by atoms with E-state index in [-0.39, 0.29) is 18.5 Å². The standard InChI is InChI=1S/C13H20ClNO3.ClH/c1-4-18-13-10(8-15-7-9(2)16)5-11(14)6-12(13)17-3;/h5-6,9,15-16H,4,7-8H2,1-3H3;1H. The lowest BCUT2D eigenvalue weighted by atomic mass is 10.1. The first-order chi connectivity index (χ1) is 8.58. The number of benzene rings is 1. The van der Waals surface area contributed by atoms with Crippen LogP contribution in [0.25, 0.3) is 0 Å². The van der Waals surface area contributed by atoms with Crippen LogP contribution in [0, 0.1) is 0 Å². The van der Waals surface area contributed by atoms with Gasteiger partial charge in [0.2, 0.25) is 0 Å². The third-order valence-corrected chi connectivity index (χ3v) is 2.58. The number of aliphatic hydroxyl groups is 1. The molecule has 1 unspecified atom stereocenters. The Kier molecular flexibility index (Phi) is 8.93. The zero-order valence-corrected chi connectivity index (χ0v) is 13.0. The van der Waals surface area contributed by atoms with Crippen LogP contribution in [0.5, 0.6) is 11.5 Å². The van der Waals surface area contributed by atoms with Gasteiger partial charge in [0.25, 0.3) is 0 Å². The maximum atomic E-state index is 9.21. The van der Waals surface area contributed by atoms with E-state index in [1.165, 1.54) is 0 Å². The highest BCUT2D eigenvalue weighted by Crippen LogP contribution is 2.34. The molecule has 1 atom stereocenters. The minimum atomic E-state index is -0.387. The molecular weight excluding hydrogens is 289 g/mol. The first-order valence-electron chi connectivity index (χ1n) is 5.96. The Morgan fingerprint density at radius 3 is 2.63 bits per heavy atom. The highest BCUT2D eigenvalue weighted by molar-refractivity contribution is 6.30. The summed E-state index contributed by atoms with van der Waals surface area (Å²) in [5.41, 5.74) is 0.918. The van der Waals surface area contributed by atoms with E-state index in [9.17, 15) is 5.11 Å². The summed E-state index contributed by atoms with van der Waals surface area (Å²) in [5, 5.41) is 12.9. The van der Waals surface area contributed by atoms with Crippen LogP contribution in [-0.2, 0) is 6.54 Å². The van der Waals surface area contributed by atoms with E-state index in [0.717, 1.165) is 5.56 Å². The predicted octanol–water partition coefficient (Wildman–Crippen LogP) is 2.64. The van der Waals surface area contributed by atoms with Crippen molar-refractivity contribution in [2.45, 2.75) is 26.5 Å². The van der Waals surface area contributed by atoms with Crippen molar-refractivity contribution in [3.05, 3.63) is 22.7 Å². The van der Waals surface area contributed by atoms with Gasteiger partial charge in [-0.3, -0.25) is 0 Å². The maximum absolute atomic E-state index is 9.21. The van der Waals surface area contributed by atoms with E-state index < -0.39 is 0 Å². The molecule has 110 valence electrons.